The maximum Gasteiger partial charge on any atom is 0.237 e. The minimum atomic E-state index is -0.679. The first-order chi connectivity index (χ1) is 7.88. The van der Waals surface area contributed by atoms with Gasteiger partial charge < -0.3 is 22.1 Å². The molecule has 0 atom stereocenters. The average Bonchev–Trinajstić information content (AvgIpc) is 2.13. The highest BCUT2D eigenvalue weighted by Gasteiger charge is 2.16. The highest BCUT2D eigenvalue weighted by Crippen LogP contribution is 2.11. The molecule has 0 spiro atoms. The molecule has 10 heteroatoms. The van der Waals surface area contributed by atoms with Gasteiger partial charge in [-0.1, -0.05) is 0 Å². The van der Waals surface area contributed by atoms with Gasteiger partial charge in [0.05, 0.1) is 0 Å². The first-order valence-corrected chi connectivity index (χ1v) is 4.75. The lowest BCUT2D eigenvalue weighted by Gasteiger charge is -2.18. The van der Waals surface area contributed by atoms with E-state index in [0.29, 0.717) is 0 Å². The lowest BCUT2D eigenvalue weighted by atomic mass is 10.4. The SMILES string of the molecule is NC(=O)CN(CC(N)=O)c1nc(N)nc(Cl)n1. The van der Waals surface area contributed by atoms with E-state index in [-0.39, 0.29) is 30.3 Å². The van der Waals surface area contributed by atoms with E-state index in [0.717, 1.165) is 4.90 Å². The van der Waals surface area contributed by atoms with Crippen molar-refractivity contribution in [3.63, 3.8) is 0 Å². The van der Waals surface area contributed by atoms with Crippen molar-refractivity contribution in [3.8, 4) is 0 Å². The summed E-state index contributed by atoms with van der Waals surface area (Å²) in [7, 11) is 0. The number of nitrogens with zero attached hydrogens (tertiary/aromatic N) is 4. The standard InChI is InChI=1S/C7H10ClN7O2/c8-5-12-6(11)14-7(13-5)15(1-3(9)16)2-4(10)17/h1-2H2,(H2,9,16)(H2,10,17)(H2,11,12,13,14). The number of hydrogen-bond acceptors (Lipinski definition) is 7. The Morgan fingerprint density at radius 2 is 1.65 bits per heavy atom. The molecule has 0 bridgehead atoms. The van der Waals surface area contributed by atoms with Gasteiger partial charge in [0, 0.05) is 0 Å². The highest BCUT2D eigenvalue weighted by atomic mass is 35.5. The molecule has 0 aliphatic carbocycles. The fraction of sp³-hybridized carbons (Fsp3) is 0.286. The van der Waals surface area contributed by atoms with E-state index < -0.39 is 11.8 Å². The third-order valence-electron chi connectivity index (χ3n) is 1.59. The zero-order chi connectivity index (χ0) is 13.0. The summed E-state index contributed by atoms with van der Waals surface area (Å²) in [5.74, 6) is -1.54. The van der Waals surface area contributed by atoms with Crippen LogP contribution in [0.4, 0.5) is 11.9 Å². The van der Waals surface area contributed by atoms with Crippen LogP contribution in [-0.4, -0.2) is 39.9 Å². The summed E-state index contributed by atoms with van der Waals surface area (Å²) in [6.45, 7) is -0.578. The molecule has 0 saturated heterocycles. The Balaban J connectivity index is 3.02. The second-order valence-corrected chi connectivity index (χ2v) is 3.39. The molecule has 0 aliphatic heterocycles. The molecule has 1 aromatic rings. The molecule has 0 unspecified atom stereocenters. The molecule has 0 aromatic carbocycles. The predicted octanol–water partition coefficient (Wildman–Crippen LogP) is -2.12. The van der Waals surface area contributed by atoms with Gasteiger partial charge in [-0.15, -0.1) is 0 Å². The van der Waals surface area contributed by atoms with Crippen molar-refractivity contribution in [2.24, 2.45) is 11.5 Å². The fourth-order valence-corrected chi connectivity index (χ4v) is 1.23. The third kappa shape index (κ3) is 4.07. The van der Waals surface area contributed by atoms with Gasteiger partial charge in [0.2, 0.25) is 29.0 Å². The van der Waals surface area contributed by atoms with Crippen molar-refractivity contribution < 1.29 is 9.59 Å². The molecule has 0 saturated carbocycles. The molecule has 17 heavy (non-hydrogen) atoms. The summed E-state index contributed by atoms with van der Waals surface area (Å²) in [5.41, 5.74) is 15.4. The van der Waals surface area contributed by atoms with Crippen LogP contribution in [0.5, 0.6) is 0 Å². The number of primary amides is 2. The molecular weight excluding hydrogens is 250 g/mol. The number of carbonyl (C=O) groups is 2. The highest BCUT2D eigenvalue weighted by molar-refractivity contribution is 6.28. The first-order valence-electron chi connectivity index (χ1n) is 4.37. The number of amides is 2. The van der Waals surface area contributed by atoms with E-state index in [1.807, 2.05) is 0 Å². The van der Waals surface area contributed by atoms with Crippen molar-refractivity contribution in [1.29, 1.82) is 0 Å². The smallest absolute Gasteiger partial charge is 0.237 e. The molecule has 0 fully saturated rings. The second-order valence-electron chi connectivity index (χ2n) is 3.05. The first kappa shape index (κ1) is 12.9. The van der Waals surface area contributed by atoms with Crippen LogP contribution in [0.25, 0.3) is 0 Å². The number of hydrogen-bond donors (Lipinski definition) is 3. The van der Waals surface area contributed by atoms with Gasteiger partial charge in [-0.2, -0.15) is 15.0 Å². The predicted molar refractivity (Wildman–Crippen MR) is 59.9 cm³/mol. The summed E-state index contributed by atoms with van der Waals surface area (Å²) in [4.78, 5) is 33.8. The Morgan fingerprint density at radius 3 is 2.06 bits per heavy atom. The average molecular weight is 260 g/mol. The van der Waals surface area contributed by atoms with Crippen molar-refractivity contribution in [3.05, 3.63) is 5.28 Å². The van der Waals surface area contributed by atoms with Crippen LogP contribution in [-0.2, 0) is 9.59 Å². The van der Waals surface area contributed by atoms with Crippen LogP contribution in [0.15, 0.2) is 0 Å². The van der Waals surface area contributed by atoms with Crippen molar-refractivity contribution >= 4 is 35.3 Å². The molecule has 9 nitrogen and oxygen atoms in total. The van der Waals surface area contributed by atoms with Gasteiger partial charge in [0.1, 0.15) is 13.1 Å². The number of nitrogen functional groups attached to an aromatic ring is 1. The zero-order valence-electron chi connectivity index (χ0n) is 8.63. The lowest BCUT2D eigenvalue weighted by molar-refractivity contribution is -0.117. The Labute approximate surface area is 101 Å². The van der Waals surface area contributed by atoms with Crippen molar-refractivity contribution in [2.75, 3.05) is 23.7 Å². The Bertz CT molecular complexity index is 416. The summed E-state index contributed by atoms with van der Waals surface area (Å²) >= 11 is 5.57. The molecule has 1 rings (SSSR count). The molecule has 92 valence electrons. The van der Waals surface area contributed by atoms with Crippen LogP contribution in [0.2, 0.25) is 5.28 Å². The van der Waals surface area contributed by atoms with Crippen LogP contribution >= 0.6 is 11.6 Å². The van der Waals surface area contributed by atoms with E-state index in [2.05, 4.69) is 15.0 Å². The summed E-state index contributed by atoms with van der Waals surface area (Å²) in [6.07, 6.45) is 0. The quantitative estimate of drug-likeness (QED) is 0.546. The largest absolute Gasteiger partial charge is 0.368 e. The second kappa shape index (κ2) is 5.25. The van der Waals surface area contributed by atoms with Crippen LogP contribution in [0.3, 0.4) is 0 Å². The Morgan fingerprint density at radius 1 is 1.12 bits per heavy atom. The molecule has 6 N–H and O–H groups in total. The van der Waals surface area contributed by atoms with Gasteiger partial charge >= 0.3 is 0 Å². The van der Waals surface area contributed by atoms with Gasteiger partial charge in [0.25, 0.3) is 0 Å². The summed E-state index contributed by atoms with van der Waals surface area (Å²) in [5, 5.41) is -0.161. The van der Waals surface area contributed by atoms with Gasteiger partial charge in [-0.3, -0.25) is 9.59 Å². The van der Waals surface area contributed by atoms with Gasteiger partial charge in [-0.25, -0.2) is 0 Å². The zero-order valence-corrected chi connectivity index (χ0v) is 9.39. The minimum Gasteiger partial charge on any atom is -0.368 e. The van der Waals surface area contributed by atoms with Crippen LogP contribution in [0, 0.1) is 0 Å². The molecule has 1 aromatic heterocycles. The van der Waals surface area contributed by atoms with Crippen molar-refractivity contribution in [1.82, 2.24) is 15.0 Å². The molecule has 1 heterocycles. The van der Waals surface area contributed by atoms with E-state index in [4.69, 9.17) is 28.8 Å². The number of rotatable bonds is 5. The number of halogens is 1. The maximum absolute atomic E-state index is 10.8. The van der Waals surface area contributed by atoms with Crippen LogP contribution in [0.1, 0.15) is 0 Å². The summed E-state index contributed by atoms with van der Waals surface area (Å²) in [6, 6.07) is 0. The van der Waals surface area contributed by atoms with Crippen molar-refractivity contribution in [2.45, 2.75) is 0 Å². The number of aromatic nitrogens is 3. The normalized spacial score (nSPS) is 9.94. The topological polar surface area (TPSA) is 154 Å². The maximum atomic E-state index is 10.8. The lowest BCUT2D eigenvalue weighted by Crippen LogP contribution is -2.40. The number of carbonyl (C=O) groups excluding carboxylic acids is 2. The molecule has 0 aliphatic rings. The monoisotopic (exact) mass is 259 g/mol. The molecule has 0 radical (unpaired) electrons. The minimum absolute atomic E-state index is 0.0416. The van der Waals surface area contributed by atoms with Gasteiger partial charge in [-0.05, 0) is 11.6 Å². The number of anilines is 2. The van der Waals surface area contributed by atoms with E-state index in [9.17, 15) is 9.59 Å². The third-order valence-corrected chi connectivity index (χ3v) is 1.76. The Hall–Kier alpha value is -2.16. The van der Waals surface area contributed by atoms with E-state index in [1.165, 1.54) is 0 Å². The van der Waals surface area contributed by atoms with Crippen LogP contribution < -0.4 is 22.1 Å². The Kier molecular flexibility index (Phi) is 3.99. The number of nitrogens with two attached hydrogens (primary N) is 3. The van der Waals surface area contributed by atoms with E-state index >= 15 is 0 Å². The fourth-order valence-electron chi connectivity index (χ4n) is 1.07. The molecule has 2 amide bonds. The van der Waals surface area contributed by atoms with Gasteiger partial charge in [0.15, 0.2) is 0 Å². The summed E-state index contributed by atoms with van der Waals surface area (Å²) < 4.78 is 0. The molecular formula is C7H10ClN7O2. The van der Waals surface area contributed by atoms with E-state index in [1.54, 1.807) is 0 Å².